The first-order chi connectivity index (χ1) is 10.6. The molecular weight excluding hydrogens is 294 g/mol. The lowest BCUT2D eigenvalue weighted by atomic mass is 10.2. The summed E-state index contributed by atoms with van der Waals surface area (Å²) >= 11 is 0. The molecule has 0 aliphatic heterocycles. The average molecular weight is 306 g/mol. The van der Waals surface area contributed by atoms with E-state index in [9.17, 15) is 18.4 Å². The van der Waals surface area contributed by atoms with Crippen LogP contribution in [-0.2, 0) is 0 Å². The maximum absolute atomic E-state index is 13.3. The van der Waals surface area contributed by atoms with E-state index >= 15 is 0 Å². The number of hydrogen-bond acceptors (Lipinski definition) is 3. The highest BCUT2D eigenvalue weighted by molar-refractivity contribution is 5.94. The predicted octanol–water partition coefficient (Wildman–Crippen LogP) is 1.94. The Balaban J connectivity index is 1.80. The maximum Gasteiger partial charge on any atom is 0.335 e. The second kappa shape index (κ2) is 7.14. The molecule has 0 aliphatic rings. The molecule has 0 heterocycles. The van der Waals surface area contributed by atoms with E-state index in [2.05, 4.69) is 21.7 Å². The van der Waals surface area contributed by atoms with Gasteiger partial charge in [0.25, 0.3) is 5.91 Å². The van der Waals surface area contributed by atoms with Crippen molar-refractivity contribution in [2.24, 2.45) is 0 Å². The summed E-state index contributed by atoms with van der Waals surface area (Å²) in [6, 6.07) is 10.2. The van der Waals surface area contributed by atoms with Gasteiger partial charge in [-0.2, -0.15) is 0 Å². The number of rotatable bonds is 4. The number of benzene rings is 2. The highest BCUT2D eigenvalue weighted by atomic mass is 19.1. The van der Waals surface area contributed by atoms with Crippen LogP contribution in [0.1, 0.15) is 10.4 Å². The Morgan fingerprint density at radius 2 is 1.64 bits per heavy atom. The van der Waals surface area contributed by atoms with Crippen molar-refractivity contribution >= 4 is 17.6 Å². The lowest BCUT2D eigenvalue weighted by molar-refractivity contribution is 0.0927. The first kappa shape index (κ1) is 15.4. The summed E-state index contributed by atoms with van der Waals surface area (Å²) in [5, 5.41) is 2.15. The Bertz CT molecular complexity index is 680. The Labute approximate surface area is 124 Å². The summed E-state index contributed by atoms with van der Waals surface area (Å²) in [6.45, 7) is 0. The summed E-state index contributed by atoms with van der Waals surface area (Å²) in [5.41, 5.74) is 6.67. The van der Waals surface area contributed by atoms with Crippen LogP contribution < -0.4 is 21.7 Å². The number of amides is 3. The van der Waals surface area contributed by atoms with Crippen molar-refractivity contribution in [1.29, 1.82) is 0 Å². The number of anilines is 1. The second-order valence-electron chi connectivity index (χ2n) is 4.15. The van der Waals surface area contributed by atoms with Crippen molar-refractivity contribution in [3.8, 4) is 0 Å². The molecular formula is C14H12F2N4O2. The Hall–Kier alpha value is -3.00. The van der Waals surface area contributed by atoms with Gasteiger partial charge in [0, 0.05) is 11.6 Å². The molecule has 2 rings (SSSR count). The van der Waals surface area contributed by atoms with Gasteiger partial charge in [-0.3, -0.25) is 15.6 Å². The van der Waals surface area contributed by atoms with Gasteiger partial charge in [0.1, 0.15) is 11.6 Å². The van der Waals surface area contributed by atoms with Crippen LogP contribution in [0.3, 0.4) is 0 Å². The minimum Gasteiger partial charge on any atom is -0.304 e. The molecule has 0 saturated carbocycles. The van der Waals surface area contributed by atoms with E-state index in [-0.39, 0.29) is 5.69 Å². The number of nitrogens with one attached hydrogen (secondary N) is 4. The fraction of sp³-hybridized carbons (Fsp3) is 0. The van der Waals surface area contributed by atoms with E-state index in [0.717, 1.165) is 12.1 Å². The van der Waals surface area contributed by atoms with Gasteiger partial charge < -0.3 is 5.32 Å². The van der Waals surface area contributed by atoms with Crippen molar-refractivity contribution in [3.63, 3.8) is 0 Å². The van der Waals surface area contributed by atoms with Gasteiger partial charge in [0.2, 0.25) is 0 Å². The van der Waals surface area contributed by atoms with Gasteiger partial charge in [0.05, 0.1) is 5.69 Å². The zero-order chi connectivity index (χ0) is 15.9. The average Bonchev–Trinajstić information content (AvgIpc) is 2.51. The Morgan fingerprint density at radius 3 is 2.32 bits per heavy atom. The lowest BCUT2D eigenvalue weighted by Gasteiger charge is -2.10. The number of hydrazine groups is 2. The van der Waals surface area contributed by atoms with Gasteiger partial charge in [0.15, 0.2) is 0 Å². The summed E-state index contributed by atoms with van der Waals surface area (Å²) in [7, 11) is 0. The molecule has 8 heteroatoms. The third-order valence-corrected chi connectivity index (χ3v) is 2.57. The van der Waals surface area contributed by atoms with Crippen LogP contribution in [0.2, 0.25) is 0 Å². The molecule has 2 aromatic carbocycles. The monoisotopic (exact) mass is 306 g/mol. The number of urea groups is 1. The SMILES string of the molecule is O=C(NNNC(=O)c1ccccc1)Nc1ccc(F)cc1F. The lowest BCUT2D eigenvalue weighted by Crippen LogP contribution is -2.50. The number of carbonyl (C=O) groups is 2. The minimum atomic E-state index is -0.913. The smallest absolute Gasteiger partial charge is 0.304 e. The Morgan fingerprint density at radius 1 is 0.909 bits per heavy atom. The van der Waals surface area contributed by atoms with E-state index in [4.69, 9.17) is 0 Å². The molecule has 2 aromatic rings. The number of carbonyl (C=O) groups excluding carboxylic acids is 2. The molecule has 0 bridgehead atoms. The molecule has 0 spiro atoms. The summed E-state index contributed by atoms with van der Waals surface area (Å²) < 4.78 is 26.0. The first-order valence-electron chi connectivity index (χ1n) is 6.18. The van der Waals surface area contributed by atoms with Crippen LogP contribution in [-0.4, -0.2) is 11.9 Å². The molecule has 4 N–H and O–H groups in total. The van der Waals surface area contributed by atoms with E-state index < -0.39 is 23.6 Å². The normalized spacial score (nSPS) is 9.91. The van der Waals surface area contributed by atoms with Gasteiger partial charge in [-0.15, -0.1) is 5.53 Å². The second-order valence-corrected chi connectivity index (χ2v) is 4.15. The molecule has 114 valence electrons. The quantitative estimate of drug-likeness (QED) is 0.652. The van der Waals surface area contributed by atoms with Gasteiger partial charge in [-0.1, -0.05) is 18.2 Å². The summed E-state index contributed by atoms with van der Waals surface area (Å²) in [4.78, 5) is 23.1. The van der Waals surface area contributed by atoms with Crippen LogP contribution in [0.15, 0.2) is 48.5 Å². The van der Waals surface area contributed by atoms with E-state index in [1.807, 2.05) is 0 Å². The zero-order valence-electron chi connectivity index (χ0n) is 11.2. The fourth-order valence-electron chi connectivity index (χ4n) is 1.55. The molecule has 6 nitrogen and oxygen atoms in total. The molecule has 0 atom stereocenters. The Kier molecular flexibility index (Phi) is 4.99. The van der Waals surface area contributed by atoms with Crippen molar-refractivity contribution in [3.05, 3.63) is 65.7 Å². The topological polar surface area (TPSA) is 82.3 Å². The highest BCUT2D eigenvalue weighted by Crippen LogP contribution is 2.14. The maximum atomic E-state index is 13.3. The first-order valence-corrected chi connectivity index (χ1v) is 6.18. The standard InChI is InChI=1S/C14H12F2N4O2/c15-10-6-7-12(11(16)8-10)17-14(22)19-20-18-13(21)9-4-2-1-3-5-9/h1-8,20H,(H,18,21)(H2,17,19,22). The number of halogens is 2. The van der Waals surface area contributed by atoms with E-state index in [1.165, 1.54) is 0 Å². The zero-order valence-corrected chi connectivity index (χ0v) is 11.2. The van der Waals surface area contributed by atoms with Crippen molar-refractivity contribution in [1.82, 2.24) is 16.4 Å². The third-order valence-electron chi connectivity index (χ3n) is 2.57. The third kappa shape index (κ3) is 4.25. The summed E-state index contributed by atoms with van der Waals surface area (Å²) in [6.07, 6.45) is 0. The fourth-order valence-corrected chi connectivity index (χ4v) is 1.55. The molecule has 0 unspecified atom stereocenters. The van der Waals surface area contributed by atoms with E-state index in [0.29, 0.717) is 11.6 Å². The van der Waals surface area contributed by atoms with Crippen LogP contribution in [0.25, 0.3) is 0 Å². The van der Waals surface area contributed by atoms with E-state index in [1.54, 1.807) is 30.3 Å². The van der Waals surface area contributed by atoms with Crippen molar-refractivity contribution in [2.45, 2.75) is 0 Å². The van der Waals surface area contributed by atoms with Crippen LogP contribution in [0.4, 0.5) is 19.3 Å². The van der Waals surface area contributed by atoms with Crippen LogP contribution in [0, 0.1) is 11.6 Å². The molecule has 0 radical (unpaired) electrons. The molecule has 3 amide bonds. The molecule has 0 aliphatic carbocycles. The number of hydrogen-bond donors (Lipinski definition) is 4. The highest BCUT2D eigenvalue weighted by Gasteiger charge is 2.08. The molecule has 0 aromatic heterocycles. The summed E-state index contributed by atoms with van der Waals surface area (Å²) in [5.74, 6) is -2.13. The predicted molar refractivity (Wildman–Crippen MR) is 75.6 cm³/mol. The molecule has 0 fully saturated rings. The van der Waals surface area contributed by atoms with Crippen LogP contribution in [0.5, 0.6) is 0 Å². The van der Waals surface area contributed by atoms with Crippen LogP contribution >= 0.6 is 0 Å². The minimum absolute atomic E-state index is 0.199. The van der Waals surface area contributed by atoms with Gasteiger partial charge in [-0.05, 0) is 24.3 Å². The van der Waals surface area contributed by atoms with Crippen molar-refractivity contribution in [2.75, 3.05) is 5.32 Å². The molecule has 22 heavy (non-hydrogen) atoms. The molecule has 0 saturated heterocycles. The van der Waals surface area contributed by atoms with Gasteiger partial charge in [-0.25, -0.2) is 13.6 Å². The van der Waals surface area contributed by atoms with Gasteiger partial charge >= 0.3 is 6.03 Å². The largest absolute Gasteiger partial charge is 0.335 e. The van der Waals surface area contributed by atoms with Crippen molar-refractivity contribution < 1.29 is 18.4 Å².